The van der Waals surface area contributed by atoms with Gasteiger partial charge in [-0.05, 0) is 24.6 Å². The Morgan fingerprint density at radius 3 is 2.86 bits per heavy atom. The molecule has 1 unspecified atom stereocenters. The van der Waals surface area contributed by atoms with E-state index >= 15 is 0 Å². The monoisotopic (exact) mass is 320 g/mol. The Balaban J connectivity index is 2.02. The molecule has 1 saturated heterocycles. The predicted molar refractivity (Wildman–Crippen MR) is 83.9 cm³/mol. The minimum absolute atomic E-state index is 0.292. The molecule has 1 atom stereocenters. The molecule has 1 fully saturated rings. The van der Waals surface area contributed by atoms with Crippen molar-refractivity contribution in [3.8, 4) is 0 Å². The van der Waals surface area contributed by atoms with Gasteiger partial charge in [0.05, 0.1) is 10.9 Å². The van der Waals surface area contributed by atoms with Crippen molar-refractivity contribution in [3.63, 3.8) is 0 Å². The first-order chi connectivity index (χ1) is 10.5. The van der Waals surface area contributed by atoms with E-state index in [1.807, 2.05) is 30.8 Å². The summed E-state index contributed by atoms with van der Waals surface area (Å²) in [5, 5.41) is 3.26. The maximum absolute atomic E-state index is 13.0. The molecule has 0 spiro atoms. The third-order valence-corrected chi connectivity index (χ3v) is 5.85. The Hall–Kier alpha value is -1.70. The molecule has 0 bridgehead atoms. The topological polar surface area (TPSA) is 67.2 Å². The third-order valence-electron chi connectivity index (χ3n) is 3.95. The van der Waals surface area contributed by atoms with Crippen molar-refractivity contribution in [1.29, 1.82) is 0 Å². The Morgan fingerprint density at radius 1 is 1.36 bits per heavy atom. The van der Waals surface area contributed by atoms with Gasteiger partial charge in [-0.1, -0.05) is 12.1 Å². The van der Waals surface area contributed by atoms with E-state index in [1.54, 1.807) is 28.7 Å². The minimum atomic E-state index is -3.54. The fourth-order valence-electron chi connectivity index (χ4n) is 2.80. The van der Waals surface area contributed by atoms with Crippen LogP contribution < -0.4 is 5.32 Å². The van der Waals surface area contributed by atoms with Crippen LogP contribution in [-0.4, -0.2) is 41.9 Å². The second-order valence-corrected chi connectivity index (χ2v) is 7.44. The molecule has 2 heterocycles. The zero-order valence-electron chi connectivity index (χ0n) is 12.7. The number of sulfonamides is 1. The molecule has 1 aliphatic heterocycles. The van der Waals surface area contributed by atoms with Crippen LogP contribution in [0.15, 0.2) is 41.6 Å². The van der Waals surface area contributed by atoms with Gasteiger partial charge in [0, 0.05) is 39.1 Å². The zero-order valence-corrected chi connectivity index (χ0v) is 13.5. The Labute approximate surface area is 130 Å². The lowest BCUT2D eigenvalue weighted by molar-refractivity contribution is 0.258. The van der Waals surface area contributed by atoms with Crippen molar-refractivity contribution in [2.24, 2.45) is 7.05 Å². The molecule has 1 aromatic heterocycles. The molecule has 0 saturated carbocycles. The lowest BCUT2D eigenvalue weighted by atomic mass is 10.2. The Morgan fingerprint density at radius 2 is 2.18 bits per heavy atom. The van der Waals surface area contributed by atoms with E-state index in [4.69, 9.17) is 0 Å². The number of nitrogens with zero attached hydrogens (tertiary/aromatic N) is 3. The molecule has 7 heteroatoms. The van der Waals surface area contributed by atoms with E-state index < -0.39 is 10.0 Å². The van der Waals surface area contributed by atoms with Crippen LogP contribution >= 0.6 is 0 Å². The van der Waals surface area contributed by atoms with Crippen molar-refractivity contribution in [2.45, 2.75) is 17.9 Å². The molecule has 2 aromatic rings. The maximum Gasteiger partial charge on any atom is 0.243 e. The number of piperazine rings is 1. The summed E-state index contributed by atoms with van der Waals surface area (Å²) >= 11 is 0. The quantitative estimate of drug-likeness (QED) is 0.918. The van der Waals surface area contributed by atoms with Crippen molar-refractivity contribution >= 4 is 10.0 Å². The van der Waals surface area contributed by atoms with E-state index in [0.29, 0.717) is 24.5 Å². The van der Waals surface area contributed by atoms with Gasteiger partial charge in [0.15, 0.2) is 0 Å². The van der Waals surface area contributed by atoms with Gasteiger partial charge in [-0.3, -0.25) is 0 Å². The van der Waals surface area contributed by atoms with E-state index in [9.17, 15) is 8.42 Å². The Bertz CT molecular complexity index is 769. The number of hydrogen-bond donors (Lipinski definition) is 1. The summed E-state index contributed by atoms with van der Waals surface area (Å²) in [4.78, 5) is 4.67. The highest BCUT2D eigenvalue weighted by Crippen LogP contribution is 2.28. The van der Waals surface area contributed by atoms with Gasteiger partial charge in [-0.2, -0.15) is 4.31 Å². The van der Waals surface area contributed by atoms with Crippen molar-refractivity contribution in [1.82, 2.24) is 19.2 Å². The molecule has 0 amide bonds. The molecule has 118 valence electrons. The van der Waals surface area contributed by atoms with Gasteiger partial charge in [0.2, 0.25) is 10.0 Å². The van der Waals surface area contributed by atoms with Crippen LogP contribution in [0.5, 0.6) is 0 Å². The highest BCUT2D eigenvalue weighted by molar-refractivity contribution is 7.89. The summed E-state index contributed by atoms with van der Waals surface area (Å²) in [6, 6.07) is 6.75. The van der Waals surface area contributed by atoms with Crippen molar-refractivity contribution in [2.75, 3.05) is 19.6 Å². The molecular weight excluding hydrogens is 300 g/mol. The van der Waals surface area contributed by atoms with E-state index in [-0.39, 0.29) is 6.04 Å². The molecule has 0 radical (unpaired) electrons. The van der Waals surface area contributed by atoms with Gasteiger partial charge in [0.1, 0.15) is 5.82 Å². The third kappa shape index (κ3) is 2.67. The van der Waals surface area contributed by atoms with Gasteiger partial charge in [-0.15, -0.1) is 0 Å². The van der Waals surface area contributed by atoms with Gasteiger partial charge in [-0.25, -0.2) is 13.4 Å². The second kappa shape index (κ2) is 5.83. The summed E-state index contributed by atoms with van der Waals surface area (Å²) in [7, 11) is -1.65. The smallest absolute Gasteiger partial charge is 0.243 e. The fourth-order valence-corrected chi connectivity index (χ4v) is 4.49. The van der Waals surface area contributed by atoms with Crippen LogP contribution in [0.25, 0.3) is 0 Å². The molecule has 22 heavy (non-hydrogen) atoms. The number of aromatic nitrogens is 2. The zero-order chi connectivity index (χ0) is 15.7. The van der Waals surface area contributed by atoms with Crippen LogP contribution in [0.3, 0.4) is 0 Å². The molecule has 1 aromatic carbocycles. The first kappa shape index (κ1) is 15.2. The lowest BCUT2D eigenvalue weighted by Gasteiger charge is -2.34. The molecular formula is C15H20N4O2S. The van der Waals surface area contributed by atoms with Crippen LogP contribution in [0.4, 0.5) is 0 Å². The fraction of sp³-hybridized carbons (Fsp3) is 0.400. The number of nitrogens with one attached hydrogen (secondary N) is 1. The SMILES string of the molecule is Cc1cccc(S(=O)(=O)N2CCNCC2c2nccn2C)c1. The predicted octanol–water partition coefficient (Wildman–Crippen LogP) is 1.06. The number of imidazole rings is 1. The summed E-state index contributed by atoms with van der Waals surface area (Å²) in [6.45, 7) is 3.54. The highest BCUT2D eigenvalue weighted by Gasteiger charge is 2.36. The van der Waals surface area contributed by atoms with Crippen LogP contribution in [0.2, 0.25) is 0 Å². The Kier molecular flexibility index (Phi) is 4.03. The minimum Gasteiger partial charge on any atom is -0.337 e. The van der Waals surface area contributed by atoms with E-state index in [0.717, 1.165) is 11.4 Å². The highest BCUT2D eigenvalue weighted by atomic mass is 32.2. The molecule has 3 rings (SSSR count). The number of aryl methyl sites for hydroxylation is 2. The molecule has 6 nitrogen and oxygen atoms in total. The maximum atomic E-state index is 13.0. The lowest BCUT2D eigenvalue weighted by Crippen LogP contribution is -2.49. The summed E-state index contributed by atoms with van der Waals surface area (Å²) in [5.41, 5.74) is 0.935. The number of benzene rings is 1. The molecule has 1 aliphatic rings. The van der Waals surface area contributed by atoms with Crippen molar-refractivity contribution < 1.29 is 8.42 Å². The molecule has 1 N–H and O–H groups in total. The van der Waals surface area contributed by atoms with Crippen LogP contribution in [0.1, 0.15) is 17.4 Å². The van der Waals surface area contributed by atoms with Crippen LogP contribution in [0, 0.1) is 6.92 Å². The summed E-state index contributed by atoms with van der Waals surface area (Å²) in [5.74, 6) is 0.753. The summed E-state index contributed by atoms with van der Waals surface area (Å²) in [6.07, 6.45) is 3.53. The van der Waals surface area contributed by atoms with Crippen molar-refractivity contribution in [3.05, 3.63) is 48.0 Å². The first-order valence-corrected chi connectivity index (χ1v) is 8.70. The van der Waals surface area contributed by atoms with Crippen LogP contribution in [-0.2, 0) is 17.1 Å². The average molecular weight is 320 g/mol. The molecule has 0 aliphatic carbocycles. The van der Waals surface area contributed by atoms with Gasteiger partial charge in [0.25, 0.3) is 0 Å². The largest absolute Gasteiger partial charge is 0.337 e. The van der Waals surface area contributed by atoms with Gasteiger partial charge >= 0.3 is 0 Å². The number of hydrogen-bond acceptors (Lipinski definition) is 4. The van der Waals surface area contributed by atoms with Gasteiger partial charge < -0.3 is 9.88 Å². The first-order valence-electron chi connectivity index (χ1n) is 7.26. The summed E-state index contributed by atoms with van der Waals surface area (Å²) < 4.78 is 29.5. The van der Waals surface area contributed by atoms with E-state index in [1.165, 1.54) is 0 Å². The normalized spacial score (nSPS) is 20.2. The van der Waals surface area contributed by atoms with E-state index in [2.05, 4.69) is 10.3 Å². The average Bonchev–Trinajstić information content (AvgIpc) is 2.93. The number of rotatable bonds is 3. The standard InChI is InChI=1S/C15H20N4O2S/c1-12-4-3-5-13(10-12)22(20,21)19-9-6-16-11-14(19)15-17-7-8-18(15)2/h3-5,7-8,10,14,16H,6,9,11H2,1-2H3. The second-order valence-electron chi connectivity index (χ2n) is 5.55.